The largest absolute Gasteiger partial charge is 0.462 e. The van der Waals surface area contributed by atoms with Crippen LogP contribution >= 0.6 is 0 Å². The van der Waals surface area contributed by atoms with Crippen LogP contribution < -0.4 is 0 Å². The monoisotopic (exact) mass is 304 g/mol. The number of fused-ring (bicyclic) bond motifs is 4. The molecule has 5 aliphatic rings. The zero-order valence-electron chi connectivity index (χ0n) is 13.0. The van der Waals surface area contributed by atoms with Crippen LogP contribution in [0, 0.1) is 29.6 Å². The van der Waals surface area contributed by atoms with Crippen molar-refractivity contribution in [2.45, 2.75) is 69.5 Å². The van der Waals surface area contributed by atoms with E-state index >= 15 is 0 Å². The van der Waals surface area contributed by atoms with Gasteiger partial charge in [0.1, 0.15) is 11.7 Å². The summed E-state index contributed by atoms with van der Waals surface area (Å²) >= 11 is 0. The Morgan fingerprint density at radius 1 is 0.864 bits per heavy atom. The van der Waals surface area contributed by atoms with Gasteiger partial charge in [-0.1, -0.05) is 12.8 Å². The fraction of sp³-hybridized carbons (Fsp3) is 0.889. The normalized spacial score (nSPS) is 52.9. The van der Waals surface area contributed by atoms with E-state index in [1.54, 1.807) is 0 Å². The number of hydrogen-bond acceptors (Lipinski definition) is 4. The second-order valence-electron chi connectivity index (χ2n) is 8.18. The van der Waals surface area contributed by atoms with E-state index in [0.717, 1.165) is 44.9 Å². The molecule has 2 aliphatic heterocycles. The molecular weight excluding hydrogens is 280 g/mol. The van der Waals surface area contributed by atoms with Gasteiger partial charge >= 0.3 is 11.9 Å². The van der Waals surface area contributed by atoms with Crippen molar-refractivity contribution in [2.75, 3.05) is 0 Å². The maximum Gasteiger partial charge on any atom is 0.310 e. The van der Waals surface area contributed by atoms with Crippen molar-refractivity contribution in [1.29, 1.82) is 0 Å². The summed E-state index contributed by atoms with van der Waals surface area (Å²) in [6.07, 6.45) is 9.96. The number of carbonyl (C=O) groups is 2. The van der Waals surface area contributed by atoms with Gasteiger partial charge in [-0.05, 0) is 56.8 Å². The molecule has 0 spiro atoms. The van der Waals surface area contributed by atoms with Crippen molar-refractivity contribution in [3.63, 3.8) is 0 Å². The molecule has 0 radical (unpaired) electrons. The number of hydrogen-bond donors (Lipinski definition) is 0. The van der Waals surface area contributed by atoms with E-state index in [9.17, 15) is 9.59 Å². The highest BCUT2D eigenvalue weighted by Crippen LogP contribution is 2.62. The molecule has 120 valence electrons. The smallest absolute Gasteiger partial charge is 0.310 e. The molecule has 2 saturated heterocycles. The molecule has 0 amide bonds. The second-order valence-corrected chi connectivity index (χ2v) is 8.18. The Morgan fingerprint density at radius 3 is 2.59 bits per heavy atom. The molecule has 4 nitrogen and oxygen atoms in total. The highest BCUT2D eigenvalue weighted by molar-refractivity contribution is 5.86. The van der Waals surface area contributed by atoms with Crippen molar-refractivity contribution in [3.05, 3.63) is 0 Å². The van der Waals surface area contributed by atoms with Crippen molar-refractivity contribution in [3.8, 4) is 0 Å². The van der Waals surface area contributed by atoms with Gasteiger partial charge in [0, 0.05) is 5.92 Å². The first-order valence-electron chi connectivity index (χ1n) is 9.13. The molecule has 4 unspecified atom stereocenters. The van der Waals surface area contributed by atoms with Crippen LogP contribution in [0.2, 0.25) is 0 Å². The van der Waals surface area contributed by atoms with Gasteiger partial charge in [-0.2, -0.15) is 0 Å². The average Bonchev–Trinajstić information content (AvgIpc) is 2.73. The molecule has 22 heavy (non-hydrogen) atoms. The van der Waals surface area contributed by atoms with Gasteiger partial charge in [0.05, 0.1) is 11.8 Å². The highest BCUT2D eigenvalue weighted by atomic mass is 16.6. The van der Waals surface area contributed by atoms with Crippen LogP contribution in [0.5, 0.6) is 0 Å². The van der Waals surface area contributed by atoms with E-state index in [0.29, 0.717) is 11.8 Å². The van der Waals surface area contributed by atoms with Crippen molar-refractivity contribution in [2.24, 2.45) is 29.6 Å². The highest BCUT2D eigenvalue weighted by Gasteiger charge is 2.68. The van der Waals surface area contributed by atoms with Gasteiger partial charge < -0.3 is 9.47 Å². The van der Waals surface area contributed by atoms with E-state index in [2.05, 4.69) is 0 Å². The average molecular weight is 304 g/mol. The third-order valence-corrected chi connectivity index (χ3v) is 7.32. The van der Waals surface area contributed by atoms with Crippen LogP contribution in [-0.2, 0) is 19.1 Å². The standard InChI is InChI=1S/C18H24O4/c19-16-14-11(10-5-1-2-7-13(10)21-16)9-18-8-4-3-6-12(18)15(14)17(20)22-18/h10-15H,1-9H2/t10-,11?,12?,13?,14?,15+,18-/m1/s1. The fourth-order valence-electron chi connectivity index (χ4n) is 6.52. The minimum absolute atomic E-state index is 0.101. The summed E-state index contributed by atoms with van der Waals surface area (Å²) < 4.78 is 11.7. The third-order valence-electron chi connectivity index (χ3n) is 7.32. The molecule has 2 heterocycles. The molecule has 5 rings (SSSR count). The number of esters is 2. The Hall–Kier alpha value is -1.06. The van der Waals surface area contributed by atoms with Crippen molar-refractivity contribution >= 4 is 11.9 Å². The van der Waals surface area contributed by atoms with E-state index < -0.39 is 0 Å². The molecule has 3 saturated carbocycles. The maximum absolute atomic E-state index is 12.7. The van der Waals surface area contributed by atoms with Crippen LogP contribution in [0.1, 0.15) is 57.8 Å². The maximum atomic E-state index is 12.7. The molecule has 0 aromatic carbocycles. The molecule has 3 aliphatic carbocycles. The third kappa shape index (κ3) is 1.59. The summed E-state index contributed by atoms with van der Waals surface area (Å²) in [6, 6.07) is 0. The van der Waals surface area contributed by atoms with Gasteiger partial charge in [0.2, 0.25) is 0 Å². The zero-order valence-corrected chi connectivity index (χ0v) is 13.0. The van der Waals surface area contributed by atoms with Crippen LogP contribution in [0.3, 0.4) is 0 Å². The summed E-state index contributed by atoms with van der Waals surface area (Å²) in [5.74, 6) is 0.412. The summed E-state index contributed by atoms with van der Waals surface area (Å²) in [5, 5.41) is 0. The van der Waals surface area contributed by atoms with Crippen molar-refractivity contribution < 1.29 is 19.1 Å². The topological polar surface area (TPSA) is 52.6 Å². The molecule has 0 aromatic heterocycles. The lowest BCUT2D eigenvalue weighted by Crippen LogP contribution is -2.57. The van der Waals surface area contributed by atoms with Gasteiger partial charge in [-0.25, -0.2) is 0 Å². The van der Waals surface area contributed by atoms with E-state index in [1.165, 1.54) is 12.8 Å². The lowest BCUT2D eigenvalue weighted by molar-refractivity contribution is -0.191. The SMILES string of the molecule is O=C1OC2CCCC[C@@H]2C2C[C@]34CCCCC3[C@H](C(=O)O4)C12. The van der Waals surface area contributed by atoms with Gasteiger partial charge in [0.25, 0.3) is 0 Å². The summed E-state index contributed by atoms with van der Waals surface area (Å²) in [4.78, 5) is 25.2. The molecule has 7 atom stereocenters. The van der Waals surface area contributed by atoms with E-state index in [4.69, 9.17) is 9.47 Å². The first-order valence-corrected chi connectivity index (χ1v) is 9.13. The van der Waals surface area contributed by atoms with Gasteiger partial charge in [0.15, 0.2) is 0 Å². The first kappa shape index (κ1) is 13.4. The Labute approximate surface area is 130 Å². The minimum Gasteiger partial charge on any atom is -0.462 e. The quantitative estimate of drug-likeness (QED) is 0.646. The molecule has 4 heteroatoms. The molecular formula is C18H24O4. The Bertz CT molecular complexity index is 529. The molecule has 0 N–H and O–H groups in total. The zero-order chi connectivity index (χ0) is 14.9. The van der Waals surface area contributed by atoms with E-state index in [1.807, 2.05) is 0 Å². The Kier molecular flexibility index (Phi) is 2.73. The Balaban J connectivity index is 1.56. The summed E-state index contributed by atoms with van der Waals surface area (Å²) in [5.41, 5.74) is -0.235. The van der Waals surface area contributed by atoms with Gasteiger partial charge in [-0.15, -0.1) is 0 Å². The lowest BCUT2D eigenvalue weighted by atomic mass is 9.53. The lowest BCUT2D eigenvalue weighted by Gasteiger charge is -2.53. The number of ether oxygens (including phenoxy) is 2. The predicted octanol–water partition coefficient (Wildman–Crippen LogP) is 2.84. The van der Waals surface area contributed by atoms with Crippen LogP contribution in [0.25, 0.3) is 0 Å². The molecule has 5 fully saturated rings. The predicted molar refractivity (Wildman–Crippen MR) is 77.7 cm³/mol. The van der Waals surface area contributed by atoms with Crippen LogP contribution in [0.15, 0.2) is 0 Å². The Morgan fingerprint density at radius 2 is 1.68 bits per heavy atom. The van der Waals surface area contributed by atoms with E-state index in [-0.39, 0.29) is 41.4 Å². The van der Waals surface area contributed by atoms with Crippen molar-refractivity contribution in [1.82, 2.24) is 0 Å². The second kappa shape index (κ2) is 4.48. The molecule has 2 bridgehead atoms. The fourth-order valence-corrected chi connectivity index (χ4v) is 6.52. The minimum atomic E-state index is -0.235. The molecule has 0 aromatic rings. The summed E-state index contributed by atoms with van der Waals surface area (Å²) in [6.45, 7) is 0. The first-order chi connectivity index (χ1) is 10.7. The number of carbonyl (C=O) groups excluding carboxylic acids is 2. The van der Waals surface area contributed by atoms with Crippen LogP contribution in [-0.4, -0.2) is 23.6 Å². The van der Waals surface area contributed by atoms with Crippen LogP contribution in [0.4, 0.5) is 0 Å². The summed E-state index contributed by atoms with van der Waals surface area (Å²) in [7, 11) is 0. The van der Waals surface area contributed by atoms with Gasteiger partial charge in [-0.3, -0.25) is 9.59 Å². The number of rotatable bonds is 0.